The Morgan fingerprint density at radius 2 is 2.07 bits per heavy atom. The number of nitrogens with one attached hydrogen (secondary N) is 1. The zero-order valence-corrected chi connectivity index (χ0v) is 17.0. The molecule has 156 valence electrons. The van der Waals surface area contributed by atoms with Crippen LogP contribution < -0.4 is 10.2 Å². The normalized spacial score (nSPS) is 16.3. The number of halogens is 1. The van der Waals surface area contributed by atoms with Crippen LogP contribution in [0.5, 0.6) is 0 Å². The lowest BCUT2D eigenvalue weighted by molar-refractivity contribution is -0.120. The highest BCUT2D eigenvalue weighted by Crippen LogP contribution is 2.23. The molecule has 30 heavy (non-hydrogen) atoms. The molecular weight excluding hydrogens is 389 g/mol. The molecule has 3 heterocycles. The first kappa shape index (κ1) is 19.7. The number of fused-ring (bicyclic) bond motifs is 1. The predicted octanol–water partition coefficient (Wildman–Crippen LogP) is 1.44. The number of anilines is 1. The van der Waals surface area contributed by atoms with E-state index < -0.39 is 11.9 Å². The van der Waals surface area contributed by atoms with Crippen LogP contribution >= 0.6 is 0 Å². The van der Waals surface area contributed by atoms with Gasteiger partial charge in [0.05, 0.1) is 18.6 Å². The molecule has 2 amide bonds. The Morgan fingerprint density at radius 3 is 2.83 bits per heavy atom. The zero-order valence-electron chi connectivity index (χ0n) is 17.0. The summed E-state index contributed by atoms with van der Waals surface area (Å²) in [6.45, 7) is 4.35. The molecule has 0 radical (unpaired) electrons. The minimum absolute atomic E-state index is 0.0684. The molecule has 0 fully saturated rings. The van der Waals surface area contributed by atoms with Crippen LogP contribution in [0, 0.1) is 19.7 Å². The van der Waals surface area contributed by atoms with Gasteiger partial charge in [-0.2, -0.15) is 0 Å². The van der Waals surface area contributed by atoms with Gasteiger partial charge < -0.3 is 9.88 Å². The van der Waals surface area contributed by atoms with Gasteiger partial charge in [0.2, 0.25) is 5.82 Å². The van der Waals surface area contributed by atoms with E-state index in [0.29, 0.717) is 18.5 Å². The fourth-order valence-electron chi connectivity index (χ4n) is 3.67. The second-order valence-corrected chi connectivity index (χ2v) is 7.36. The van der Waals surface area contributed by atoms with Crippen molar-refractivity contribution in [2.75, 3.05) is 11.9 Å². The fourth-order valence-corrected chi connectivity index (χ4v) is 3.67. The number of rotatable bonds is 4. The van der Waals surface area contributed by atoms with Gasteiger partial charge in [-0.05, 0) is 31.9 Å². The van der Waals surface area contributed by atoms with Crippen molar-refractivity contribution in [1.82, 2.24) is 29.6 Å². The van der Waals surface area contributed by atoms with Gasteiger partial charge in [-0.1, -0.05) is 12.1 Å². The van der Waals surface area contributed by atoms with Gasteiger partial charge in [-0.3, -0.25) is 14.5 Å². The molecule has 0 saturated heterocycles. The van der Waals surface area contributed by atoms with Crippen molar-refractivity contribution < 1.29 is 14.0 Å². The lowest BCUT2D eigenvalue weighted by Crippen LogP contribution is -2.47. The number of carbonyl (C=O) groups excluding carboxylic acids is 2. The van der Waals surface area contributed by atoms with E-state index in [9.17, 15) is 14.0 Å². The molecule has 1 aliphatic rings. The van der Waals surface area contributed by atoms with E-state index in [0.717, 1.165) is 17.1 Å². The summed E-state index contributed by atoms with van der Waals surface area (Å²) < 4.78 is 17.4. The maximum absolute atomic E-state index is 14.1. The van der Waals surface area contributed by atoms with Crippen molar-refractivity contribution in [3.8, 4) is 0 Å². The van der Waals surface area contributed by atoms with E-state index in [1.54, 1.807) is 19.4 Å². The molecule has 0 spiro atoms. The highest BCUT2D eigenvalue weighted by Gasteiger charge is 2.31. The monoisotopic (exact) mass is 411 g/mol. The first-order chi connectivity index (χ1) is 14.3. The number of imidazole rings is 1. The highest BCUT2D eigenvalue weighted by atomic mass is 19.1. The molecule has 0 bridgehead atoms. The van der Waals surface area contributed by atoms with E-state index in [-0.39, 0.29) is 24.1 Å². The molecule has 4 rings (SSSR count). The number of carbonyl (C=O) groups is 2. The maximum Gasteiger partial charge on any atom is 0.291 e. The van der Waals surface area contributed by atoms with Crippen molar-refractivity contribution in [2.45, 2.75) is 39.4 Å². The van der Waals surface area contributed by atoms with Crippen LogP contribution in [0.15, 0.2) is 30.9 Å². The van der Waals surface area contributed by atoms with E-state index in [1.165, 1.54) is 22.0 Å². The number of likely N-dealkylation sites (N-methyl/N-ethyl adjacent to an activating group) is 1. The largest absolute Gasteiger partial charge is 0.337 e. The Morgan fingerprint density at radius 1 is 1.27 bits per heavy atom. The Bertz CT molecular complexity index is 1100. The minimum Gasteiger partial charge on any atom is -0.337 e. The number of hydrogen-bond donors (Lipinski definition) is 1. The first-order valence-corrected chi connectivity index (χ1v) is 9.58. The Kier molecular flexibility index (Phi) is 5.06. The second kappa shape index (κ2) is 7.69. The van der Waals surface area contributed by atoms with E-state index in [1.807, 2.05) is 24.5 Å². The standard InChI is InChI=1S/C20H22FN7O2/c1-12-5-4-6-15(21)14(12)9-28-11-23-17(25-28)18(29)24-16-7-8-27-10-22-13(2)19(27)26(3)20(16)30/h4-6,10-11,16H,7-9H2,1-3H3,(H,24,29)/t16-/m1/s1. The summed E-state index contributed by atoms with van der Waals surface area (Å²) in [7, 11) is 1.66. The van der Waals surface area contributed by atoms with E-state index in [2.05, 4.69) is 20.4 Å². The second-order valence-electron chi connectivity index (χ2n) is 7.36. The summed E-state index contributed by atoms with van der Waals surface area (Å²) in [5, 5.41) is 6.87. The number of hydrogen-bond acceptors (Lipinski definition) is 5. The maximum atomic E-state index is 14.1. The summed E-state index contributed by atoms with van der Waals surface area (Å²) in [5.41, 5.74) is 2.03. The Balaban J connectivity index is 1.47. The molecule has 3 aromatic rings. The highest BCUT2D eigenvalue weighted by molar-refractivity contribution is 6.01. The van der Waals surface area contributed by atoms with Gasteiger partial charge in [0.1, 0.15) is 24.0 Å². The number of aryl methyl sites for hydroxylation is 3. The summed E-state index contributed by atoms with van der Waals surface area (Å²) >= 11 is 0. The van der Waals surface area contributed by atoms with Gasteiger partial charge in [-0.15, -0.1) is 5.10 Å². The van der Waals surface area contributed by atoms with Gasteiger partial charge in [0, 0.05) is 19.2 Å². The number of amides is 2. The third-order valence-corrected chi connectivity index (χ3v) is 5.31. The van der Waals surface area contributed by atoms with Crippen LogP contribution in [-0.4, -0.2) is 49.2 Å². The lowest BCUT2D eigenvalue weighted by Gasteiger charge is -2.20. The molecule has 1 atom stereocenters. The van der Waals surface area contributed by atoms with Crippen molar-refractivity contribution in [3.63, 3.8) is 0 Å². The van der Waals surface area contributed by atoms with Crippen LogP contribution in [0.4, 0.5) is 10.2 Å². The molecule has 0 unspecified atom stereocenters. The third-order valence-electron chi connectivity index (χ3n) is 5.31. The molecule has 0 aliphatic carbocycles. The third kappa shape index (κ3) is 3.56. The van der Waals surface area contributed by atoms with Gasteiger partial charge >= 0.3 is 0 Å². The number of nitrogens with zero attached hydrogens (tertiary/aromatic N) is 6. The number of benzene rings is 1. The zero-order chi connectivity index (χ0) is 21.4. The SMILES string of the molecule is Cc1cccc(F)c1Cn1cnc(C(=O)N[C@@H]2CCn3cnc(C)c3N(C)C2=O)n1. The summed E-state index contributed by atoms with van der Waals surface area (Å²) in [5.74, 6) is -0.461. The van der Waals surface area contributed by atoms with Gasteiger partial charge in [0.25, 0.3) is 11.8 Å². The van der Waals surface area contributed by atoms with Crippen molar-refractivity contribution in [1.29, 1.82) is 0 Å². The molecule has 2 aromatic heterocycles. The topological polar surface area (TPSA) is 97.9 Å². The summed E-state index contributed by atoms with van der Waals surface area (Å²) in [4.78, 5) is 35.2. The molecular formula is C20H22FN7O2. The summed E-state index contributed by atoms with van der Waals surface area (Å²) in [6, 6.07) is 4.13. The number of aromatic nitrogens is 5. The van der Waals surface area contributed by atoms with Crippen molar-refractivity contribution >= 4 is 17.6 Å². The molecule has 0 saturated carbocycles. The van der Waals surface area contributed by atoms with Crippen LogP contribution in [-0.2, 0) is 17.9 Å². The molecule has 9 nitrogen and oxygen atoms in total. The average molecular weight is 411 g/mol. The van der Waals surface area contributed by atoms with E-state index >= 15 is 0 Å². The Hall–Kier alpha value is -3.56. The van der Waals surface area contributed by atoms with Crippen molar-refractivity contribution in [3.05, 3.63) is 59.3 Å². The smallest absolute Gasteiger partial charge is 0.291 e. The predicted molar refractivity (Wildman–Crippen MR) is 107 cm³/mol. The minimum atomic E-state index is -0.706. The quantitative estimate of drug-likeness (QED) is 0.701. The van der Waals surface area contributed by atoms with Crippen LogP contribution in [0.2, 0.25) is 0 Å². The Labute approximate surface area is 172 Å². The van der Waals surface area contributed by atoms with Gasteiger partial charge in [0.15, 0.2) is 0 Å². The van der Waals surface area contributed by atoms with Crippen LogP contribution in [0.3, 0.4) is 0 Å². The summed E-state index contributed by atoms with van der Waals surface area (Å²) in [6.07, 6.45) is 3.49. The first-order valence-electron chi connectivity index (χ1n) is 9.58. The van der Waals surface area contributed by atoms with Crippen LogP contribution in [0.25, 0.3) is 0 Å². The van der Waals surface area contributed by atoms with Crippen LogP contribution in [0.1, 0.15) is 33.9 Å². The molecule has 1 aromatic carbocycles. The fraction of sp³-hybridized carbons (Fsp3) is 0.350. The van der Waals surface area contributed by atoms with Gasteiger partial charge in [-0.25, -0.2) is 19.0 Å². The van der Waals surface area contributed by atoms with Crippen molar-refractivity contribution in [2.24, 2.45) is 0 Å². The molecule has 10 heteroatoms. The average Bonchev–Trinajstić information content (AvgIpc) is 3.31. The lowest BCUT2D eigenvalue weighted by atomic mass is 10.1. The molecule has 1 aliphatic heterocycles. The van der Waals surface area contributed by atoms with E-state index in [4.69, 9.17) is 0 Å². The molecule has 1 N–H and O–H groups in total.